The number of furan rings is 1. The van der Waals surface area contributed by atoms with Gasteiger partial charge in [0.05, 0.1) is 12.0 Å². The van der Waals surface area contributed by atoms with E-state index in [2.05, 4.69) is 43.4 Å². The SMILES string of the molecule is CCCNC(CSCc1ccco1)c1ccc(CC)cc1. The molecule has 1 aromatic carbocycles. The molecule has 0 aliphatic heterocycles. The van der Waals surface area contributed by atoms with Crippen molar-refractivity contribution in [2.75, 3.05) is 12.3 Å². The zero-order valence-electron chi connectivity index (χ0n) is 13.0. The van der Waals surface area contributed by atoms with E-state index in [1.807, 2.05) is 23.9 Å². The molecule has 0 amide bonds. The van der Waals surface area contributed by atoms with Gasteiger partial charge in [0.1, 0.15) is 5.76 Å². The Bertz CT molecular complexity index is 492. The Kier molecular flexibility index (Phi) is 6.90. The topological polar surface area (TPSA) is 25.2 Å². The Morgan fingerprint density at radius 3 is 2.57 bits per heavy atom. The lowest BCUT2D eigenvalue weighted by Crippen LogP contribution is -2.24. The summed E-state index contributed by atoms with van der Waals surface area (Å²) in [6.45, 7) is 5.46. The van der Waals surface area contributed by atoms with Gasteiger partial charge in [0, 0.05) is 11.8 Å². The lowest BCUT2D eigenvalue weighted by Gasteiger charge is -2.19. The minimum atomic E-state index is 0.413. The second kappa shape index (κ2) is 8.96. The Labute approximate surface area is 132 Å². The van der Waals surface area contributed by atoms with Crippen LogP contribution in [0.4, 0.5) is 0 Å². The number of aryl methyl sites for hydroxylation is 1. The number of thioether (sulfide) groups is 1. The summed E-state index contributed by atoms with van der Waals surface area (Å²) >= 11 is 1.92. The molecule has 0 radical (unpaired) electrons. The first-order chi connectivity index (χ1) is 10.3. The summed E-state index contributed by atoms with van der Waals surface area (Å²) in [4.78, 5) is 0. The van der Waals surface area contributed by atoms with E-state index in [4.69, 9.17) is 4.42 Å². The molecule has 0 aliphatic rings. The largest absolute Gasteiger partial charge is 0.468 e. The highest BCUT2D eigenvalue weighted by Gasteiger charge is 2.11. The van der Waals surface area contributed by atoms with Crippen molar-refractivity contribution in [1.82, 2.24) is 5.32 Å². The molecule has 1 atom stereocenters. The quantitative estimate of drug-likeness (QED) is 0.719. The van der Waals surface area contributed by atoms with Gasteiger partial charge >= 0.3 is 0 Å². The molecule has 0 bridgehead atoms. The second-order valence-corrected chi connectivity index (χ2v) is 6.23. The van der Waals surface area contributed by atoms with Gasteiger partial charge in [-0.15, -0.1) is 0 Å². The Morgan fingerprint density at radius 2 is 1.95 bits per heavy atom. The molecule has 0 saturated heterocycles. The van der Waals surface area contributed by atoms with Crippen molar-refractivity contribution in [2.24, 2.45) is 0 Å². The van der Waals surface area contributed by atoms with Crippen LogP contribution in [-0.2, 0) is 12.2 Å². The maximum atomic E-state index is 5.39. The average Bonchev–Trinajstić information content (AvgIpc) is 3.04. The fraction of sp³-hybridized carbons (Fsp3) is 0.444. The highest BCUT2D eigenvalue weighted by atomic mass is 32.2. The second-order valence-electron chi connectivity index (χ2n) is 5.20. The van der Waals surface area contributed by atoms with Crippen molar-refractivity contribution in [3.8, 4) is 0 Å². The predicted octanol–water partition coefficient (Wildman–Crippen LogP) is 4.82. The van der Waals surface area contributed by atoms with E-state index in [0.29, 0.717) is 6.04 Å². The van der Waals surface area contributed by atoms with Gasteiger partial charge < -0.3 is 9.73 Å². The lowest BCUT2D eigenvalue weighted by molar-refractivity contribution is 0.529. The molecule has 2 aromatic rings. The molecule has 21 heavy (non-hydrogen) atoms. The molecule has 0 aliphatic carbocycles. The number of rotatable bonds is 9. The van der Waals surface area contributed by atoms with Crippen molar-refractivity contribution in [3.63, 3.8) is 0 Å². The summed E-state index contributed by atoms with van der Waals surface area (Å²) < 4.78 is 5.39. The molecule has 0 spiro atoms. The van der Waals surface area contributed by atoms with E-state index >= 15 is 0 Å². The minimum absolute atomic E-state index is 0.413. The fourth-order valence-electron chi connectivity index (χ4n) is 2.25. The van der Waals surface area contributed by atoms with Gasteiger partial charge in [-0.25, -0.2) is 0 Å². The highest BCUT2D eigenvalue weighted by molar-refractivity contribution is 7.98. The monoisotopic (exact) mass is 303 g/mol. The molecule has 2 nitrogen and oxygen atoms in total. The van der Waals surface area contributed by atoms with Crippen LogP contribution in [0.15, 0.2) is 47.1 Å². The number of hydrogen-bond donors (Lipinski definition) is 1. The zero-order chi connectivity index (χ0) is 14.9. The van der Waals surface area contributed by atoms with Crippen LogP contribution in [0.2, 0.25) is 0 Å². The van der Waals surface area contributed by atoms with Crippen LogP contribution < -0.4 is 5.32 Å². The van der Waals surface area contributed by atoms with Crippen molar-refractivity contribution >= 4 is 11.8 Å². The van der Waals surface area contributed by atoms with Crippen molar-refractivity contribution < 1.29 is 4.42 Å². The molecule has 0 fully saturated rings. The van der Waals surface area contributed by atoms with E-state index in [9.17, 15) is 0 Å². The molecule has 1 unspecified atom stereocenters. The van der Waals surface area contributed by atoms with Crippen molar-refractivity contribution in [1.29, 1.82) is 0 Å². The first-order valence-electron chi connectivity index (χ1n) is 7.75. The maximum absolute atomic E-state index is 5.39. The Balaban J connectivity index is 1.92. The summed E-state index contributed by atoms with van der Waals surface area (Å²) in [5.41, 5.74) is 2.78. The van der Waals surface area contributed by atoms with Crippen LogP contribution in [0.5, 0.6) is 0 Å². The number of hydrogen-bond acceptors (Lipinski definition) is 3. The first-order valence-corrected chi connectivity index (χ1v) is 8.91. The normalized spacial score (nSPS) is 12.5. The van der Waals surface area contributed by atoms with Gasteiger partial charge in [0.15, 0.2) is 0 Å². The van der Waals surface area contributed by atoms with Crippen LogP contribution in [0.1, 0.15) is 43.2 Å². The van der Waals surface area contributed by atoms with Crippen molar-refractivity contribution in [2.45, 2.75) is 38.5 Å². The minimum Gasteiger partial charge on any atom is -0.468 e. The zero-order valence-corrected chi connectivity index (χ0v) is 13.8. The van der Waals surface area contributed by atoms with E-state index in [1.54, 1.807) is 6.26 Å². The molecule has 1 N–H and O–H groups in total. The van der Waals surface area contributed by atoms with Crippen molar-refractivity contribution in [3.05, 3.63) is 59.5 Å². The third kappa shape index (κ3) is 5.25. The van der Waals surface area contributed by atoms with E-state index in [1.165, 1.54) is 11.1 Å². The first kappa shape index (κ1) is 16.2. The highest BCUT2D eigenvalue weighted by Crippen LogP contribution is 2.22. The maximum Gasteiger partial charge on any atom is 0.113 e. The Hall–Kier alpha value is -1.19. The van der Waals surface area contributed by atoms with Crippen LogP contribution >= 0.6 is 11.8 Å². The van der Waals surface area contributed by atoms with Gasteiger partial charge in [-0.05, 0) is 42.6 Å². The molecule has 2 rings (SSSR count). The molecule has 114 valence electrons. The lowest BCUT2D eigenvalue weighted by atomic mass is 10.0. The fourth-order valence-corrected chi connectivity index (χ4v) is 3.28. The summed E-state index contributed by atoms with van der Waals surface area (Å²) in [5, 5.41) is 3.65. The number of nitrogens with one attached hydrogen (secondary N) is 1. The van der Waals surface area contributed by atoms with Gasteiger partial charge in [-0.1, -0.05) is 38.1 Å². The summed E-state index contributed by atoms with van der Waals surface area (Å²) in [7, 11) is 0. The van der Waals surface area contributed by atoms with Gasteiger partial charge in [-0.3, -0.25) is 0 Å². The Morgan fingerprint density at radius 1 is 1.14 bits per heavy atom. The number of benzene rings is 1. The van der Waals surface area contributed by atoms with E-state index in [0.717, 1.165) is 36.7 Å². The predicted molar refractivity (Wildman–Crippen MR) is 91.7 cm³/mol. The van der Waals surface area contributed by atoms with Crippen LogP contribution in [-0.4, -0.2) is 12.3 Å². The molecular formula is C18H25NOS. The van der Waals surface area contributed by atoms with Gasteiger partial charge in [-0.2, -0.15) is 11.8 Å². The van der Waals surface area contributed by atoms with Gasteiger partial charge in [0.2, 0.25) is 0 Å². The average molecular weight is 303 g/mol. The summed E-state index contributed by atoms with van der Waals surface area (Å²) in [6.07, 6.45) is 4.00. The summed E-state index contributed by atoms with van der Waals surface area (Å²) in [6, 6.07) is 13.4. The molecular weight excluding hydrogens is 278 g/mol. The molecule has 1 aromatic heterocycles. The van der Waals surface area contributed by atoms with Crippen LogP contribution in [0.25, 0.3) is 0 Å². The van der Waals surface area contributed by atoms with Crippen LogP contribution in [0.3, 0.4) is 0 Å². The van der Waals surface area contributed by atoms with E-state index < -0.39 is 0 Å². The standard InChI is InChI=1S/C18H25NOS/c1-3-11-19-18(14-21-13-17-6-5-12-20-17)16-9-7-15(4-2)8-10-16/h5-10,12,18-19H,3-4,11,13-14H2,1-2H3. The molecule has 1 heterocycles. The van der Waals surface area contributed by atoms with Gasteiger partial charge in [0.25, 0.3) is 0 Å². The molecule has 3 heteroatoms. The third-order valence-electron chi connectivity index (χ3n) is 3.54. The van der Waals surface area contributed by atoms with E-state index in [-0.39, 0.29) is 0 Å². The molecule has 0 saturated carbocycles. The third-order valence-corrected chi connectivity index (χ3v) is 4.60. The summed E-state index contributed by atoms with van der Waals surface area (Å²) in [5.74, 6) is 3.05. The van der Waals surface area contributed by atoms with Crippen LogP contribution in [0, 0.1) is 0 Å². The smallest absolute Gasteiger partial charge is 0.113 e.